The van der Waals surface area contributed by atoms with Gasteiger partial charge in [-0.25, -0.2) is 9.78 Å². The number of carbonyl (C=O) groups excluding carboxylic acids is 1. The van der Waals surface area contributed by atoms with Crippen LogP contribution in [0.2, 0.25) is 0 Å². The molecule has 29 heavy (non-hydrogen) atoms. The average molecular weight is 397 g/mol. The third kappa shape index (κ3) is 3.67. The number of benzene rings is 1. The lowest BCUT2D eigenvalue weighted by molar-refractivity contribution is -0.384. The Bertz CT molecular complexity index is 1090. The molecule has 1 amide bonds. The summed E-state index contributed by atoms with van der Waals surface area (Å²) in [6, 6.07) is 6.62. The van der Waals surface area contributed by atoms with E-state index in [1.54, 1.807) is 17.0 Å². The molecule has 2 aromatic heterocycles. The highest BCUT2D eigenvalue weighted by molar-refractivity contribution is 6.09. The molecule has 0 bridgehead atoms. The first-order valence-electron chi connectivity index (χ1n) is 9.51. The number of hydrogen-bond acceptors (Lipinski definition) is 6. The number of carbonyl (C=O) groups is 1. The van der Waals surface area contributed by atoms with E-state index in [1.165, 1.54) is 6.07 Å². The lowest BCUT2D eigenvalue weighted by Crippen LogP contribution is -2.50. The van der Waals surface area contributed by atoms with Crippen LogP contribution in [0.5, 0.6) is 0 Å². The Hall–Kier alpha value is -3.36. The van der Waals surface area contributed by atoms with E-state index in [-0.39, 0.29) is 11.8 Å². The molecular weight excluding hydrogens is 374 g/mol. The predicted octanol–water partition coefficient (Wildman–Crippen LogP) is 3.68. The van der Waals surface area contributed by atoms with Gasteiger partial charge in [-0.05, 0) is 32.9 Å². The van der Waals surface area contributed by atoms with E-state index >= 15 is 0 Å². The molecule has 1 N–H and O–H groups in total. The summed E-state index contributed by atoms with van der Waals surface area (Å²) in [4.78, 5) is 34.8. The zero-order valence-corrected chi connectivity index (χ0v) is 16.6. The van der Waals surface area contributed by atoms with Crippen LogP contribution in [0.4, 0.5) is 16.3 Å². The monoisotopic (exact) mass is 397 g/mol. The van der Waals surface area contributed by atoms with Gasteiger partial charge in [0.1, 0.15) is 11.4 Å². The first-order chi connectivity index (χ1) is 13.7. The Morgan fingerprint density at radius 2 is 1.90 bits per heavy atom. The number of nitrogens with zero attached hydrogens (tertiary/aromatic N) is 4. The maximum atomic E-state index is 12.3. The highest BCUT2D eigenvalue weighted by Gasteiger charge is 2.27. The SMILES string of the molecule is CC(C)(C)OC(=O)N1CCN(c2nc3ccc([N+](=O)[O-])cc3c3[nH]ccc23)CC1. The average Bonchev–Trinajstić information content (AvgIpc) is 3.16. The van der Waals surface area contributed by atoms with Crippen molar-refractivity contribution in [1.29, 1.82) is 0 Å². The molecule has 1 fully saturated rings. The fraction of sp³-hybridized carbons (Fsp3) is 0.400. The molecule has 4 rings (SSSR count). The van der Waals surface area contributed by atoms with Gasteiger partial charge in [-0.3, -0.25) is 10.1 Å². The van der Waals surface area contributed by atoms with E-state index in [1.807, 2.05) is 33.0 Å². The van der Waals surface area contributed by atoms with E-state index in [0.29, 0.717) is 31.7 Å². The zero-order valence-electron chi connectivity index (χ0n) is 16.6. The van der Waals surface area contributed by atoms with Crippen LogP contribution in [0.1, 0.15) is 20.8 Å². The summed E-state index contributed by atoms with van der Waals surface area (Å²) < 4.78 is 5.46. The van der Waals surface area contributed by atoms with E-state index < -0.39 is 10.5 Å². The third-order valence-electron chi connectivity index (χ3n) is 4.91. The van der Waals surface area contributed by atoms with Gasteiger partial charge in [-0.15, -0.1) is 0 Å². The van der Waals surface area contributed by atoms with Crippen LogP contribution in [0.3, 0.4) is 0 Å². The van der Waals surface area contributed by atoms with Crippen LogP contribution >= 0.6 is 0 Å². The van der Waals surface area contributed by atoms with Crippen molar-refractivity contribution in [1.82, 2.24) is 14.9 Å². The van der Waals surface area contributed by atoms with Gasteiger partial charge >= 0.3 is 6.09 Å². The van der Waals surface area contributed by atoms with Crippen LogP contribution in [0.25, 0.3) is 21.8 Å². The number of amides is 1. The second-order valence-electron chi connectivity index (χ2n) is 8.11. The second-order valence-corrected chi connectivity index (χ2v) is 8.11. The van der Waals surface area contributed by atoms with Crippen molar-refractivity contribution in [2.75, 3.05) is 31.1 Å². The van der Waals surface area contributed by atoms with Crippen molar-refractivity contribution in [2.45, 2.75) is 26.4 Å². The quantitative estimate of drug-likeness (QED) is 0.522. The smallest absolute Gasteiger partial charge is 0.410 e. The predicted molar refractivity (Wildman–Crippen MR) is 110 cm³/mol. The Balaban J connectivity index is 1.62. The van der Waals surface area contributed by atoms with Gasteiger partial charge in [-0.2, -0.15) is 0 Å². The van der Waals surface area contributed by atoms with Gasteiger partial charge in [0.15, 0.2) is 0 Å². The first-order valence-corrected chi connectivity index (χ1v) is 9.51. The van der Waals surface area contributed by atoms with Crippen molar-refractivity contribution in [2.24, 2.45) is 0 Å². The van der Waals surface area contributed by atoms with Gasteiger partial charge in [0.25, 0.3) is 5.69 Å². The van der Waals surface area contributed by atoms with Crippen LogP contribution in [-0.2, 0) is 4.74 Å². The molecule has 3 heterocycles. The van der Waals surface area contributed by atoms with Crippen LogP contribution in [0.15, 0.2) is 30.5 Å². The van der Waals surface area contributed by atoms with Crippen molar-refractivity contribution in [3.8, 4) is 0 Å². The highest BCUT2D eigenvalue weighted by atomic mass is 16.6. The van der Waals surface area contributed by atoms with Gasteiger partial charge in [0, 0.05) is 55.3 Å². The summed E-state index contributed by atoms with van der Waals surface area (Å²) in [6.07, 6.45) is 1.51. The van der Waals surface area contributed by atoms with Gasteiger partial charge in [0.05, 0.1) is 16.0 Å². The number of rotatable bonds is 2. The molecule has 1 saturated heterocycles. The molecule has 0 spiro atoms. The lowest BCUT2D eigenvalue weighted by atomic mass is 10.1. The lowest BCUT2D eigenvalue weighted by Gasteiger charge is -2.36. The Morgan fingerprint density at radius 1 is 1.17 bits per heavy atom. The molecular formula is C20H23N5O4. The molecule has 1 aromatic carbocycles. The molecule has 0 saturated carbocycles. The van der Waals surface area contributed by atoms with Gasteiger partial charge in [-0.1, -0.05) is 0 Å². The van der Waals surface area contributed by atoms with Crippen LogP contribution in [-0.4, -0.2) is 57.7 Å². The van der Waals surface area contributed by atoms with E-state index in [9.17, 15) is 14.9 Å². The maximum Gasteiger partial charge on any atom is 0.410 e. The van der Waals surface area contributed by atoms with E-state index in [4.69, 9.17) is 9.72 Å². The number of fused-ring (bicyclic) bond motifs is 3. The Morgan fingerprint density at radius 3 is 2.55 bits per heavy atom. The summed E-state index contributed by atoms with van der Waals surface area (Å²) in [6.45, 7) is 7.91. The van der Waals surface area contributed by atoms with Gasteiger partial charge < -0.3 is 19.5 Å². The molecule has 1 aliphatic heterocycles. The summed E-state index contributed by atoms with van der Waals surface area (Å²) >= 11 is 0. The first kappa shape index (κ1) is 19.0. The standard InChI is InChI=1S/C20H23N5O4/c1-20(2,3)29-19(26)24-10-8-23(9-11-24)18-14-6-7-21-17(14)15-12-13(25(27)28)4-5-16(15)22-18/h4-7,12,21H,8-11H2,1-3H3. The second kappa shape index (κ2) is 6.91. The number of aromatic amines is 1. The number of pyridine rings is 1. The number of nitro groups is 1. The number of H-pyrrole nitrogens is 1. The maximum absolute atomic E-state index is 12.3. The molecule has 0 atom stereocenters. The van der Waals surface area contributed by atoms with E-state index in [0.717, 1.165) is 22.1 Å². The van der Waals surface area contributed by atoms with Crippen LogP contribution in [0, 0.1) is 10.1 Å². The molecule has 0 aliphatic carbocycles. The molecule has 9 heteroatoms. The van der Waals surface area contributed by atoms with Gasteiger partial charge in [0.2, 0.25) is 0 Å². The molecule has 0 radical (unpaired) electrons. The zero-order chi connectivity index (χ0) is 20.8. The minimum atomic E-state index is -0.520. The molecule has 1 aliphatic rings. The Kier molecular flexibility index (Phi) is 4.52. The normalized spacial score (nSPS) is 15.1. The third-order valence-corrected chi connectivity index (χ3v) is 4.91. The molecule has 9 nitrogen and oxygen atoms in total. The summed E-state index contributed by atoms with van der Waals surface area (Å²) in [5, 5.41) is 12.8. The number of nitrogens with one attached hydrogen (secondary N) is 1. The molecule has 152 valence electrons. The van der Waals surface area contributed by atoms with Crippen molar-refractivity contribution < 1.29 is 14.5 Å². The number of ether oxygens (including phenoxy) is 1. The largest absolute Gasteiger partial charge is 0.444 e. The molecule has 0 unspecified atom stereocenters. The number of piperazine rings is 1. The molecule has 3 aromatic rings. The number of hydrogen-bond donors (Lipinski definition) is 1. The van der Waals surface area contributed by atoms with Crippen molar-refractivity contribution in [3.63, 3.8) is 0 Å². The highest BCUT2D eigenvalue weighted by Crippen LogP contribution is 2.33. The fourth-order valence-corrected chi connectivity index (χ4v) is 3.56. The van der Waals surface area contributed by atoms with Crippen molar-refractivity contribution in [3.05, 3.63) is 40.6 Å². The topological polar surface area (TPSA) is 105 Å². The number of aromatic nitrogens is 2. The fourth-order valence-electron chi connectivity index (χ4n) is 3.56. The summed E-state index contributed by atoms with van der Waals surface area (Å²) in [7, 11) is 0. The Labute approximate surface area is 167 Å². The number of non-ortho nitro benzene ring substituents is 1. The minimum absolute atomic E-state index is 0.0360. The summed E-state index contributed by atoms with van der Waals surface area (Å²) in [5.41, 5.74) is 1.03. The van der Waals surface area contributed by atoms with Crippen LogP contribution < -0.4 is 4.90 Å². The van der Waals surface area contributed by atoms with Crippen molar-refractivity contribution >= 4 is 39.4 Å². The number of nitro benzene ring substituents is 1. The number of anilines is 1. The summed E-state index contributed by atoms with van der Waals surface area (Å²) in [5.74, 6) is 0.812. The minimum Gasteiger partial charge on any atom is -0.444 e. The van der Waals surface area contributed by atoms with E-state index in [2.05, 4.69) is 9.88 Å².